The number of halogens is 3. The summed E-state index contributed by atoms with van der Waals surface area (Å²) in [5.74, 6) is 0.0124. The van der Waals surface area contributed by atoms with Gasteiger partial charge in [0, 0.05) is 10.7 Å². The van der Waals surface area contributed by atoms with Gasteiger partial charge in [-0.2, -0.15) is 0 Å². The normalized spacial score (nSPS) is 14.1. The van der Waals surface area contributed by atoms with Crippen LogP contribution in [0.1, 0.15) is 56.8 Å². The van der Waals surface area contributed by atoms with Crippen molar-refractivity contribution in [3.05, 3.63) is 82.0 Å². The summed E-state index contributed by atoms with van der Waals surface area (Å²) in [5, 5.41) is 0. The lowest BCUT2D eigenvalue weighted by Gasteiger charge is -2.23. The lowest BCUT2D eigenvalue weighted by atomic mass is 10.0. The van der Waals surface area contributed by atoms with Gasteiger partial charge in [0.2, 0.25) is 0 Å². The minimum Gasteiger partial charge on any atom is -0.744 e. The lowest BCUT2D eigenvalue weighted by Crippen LogP contribution is -2.30. The van der Waals surface area contributed by atoms with Gasteiger partial charge in [0.25, 0.3) is 0 Å². The molecule has 1 saturated carbocycles. The molecule has 0 unspecified atom stereocenters. The molecule has 13 heteroatoms. The average Bonchev–Trinajstić information content (AvgIpc) is 3.37. The molecule has 0 atom stereocenters. The summed E-state index contributed by atoms with van der Waals surface area (Å²) >= 11 is 5.39. The van der Waals surface area contributed by atoms with Crippen LogP contribution < -0.4 is 9.47 Å². The highest BCUT2D eigenvalue weighted by atomic mass is 127. The van der Waals surface area contributed by atoms with Crippen LogP contribution in [0.25, 0.3) is 0 Å². The largest absolute Gasteiger partial charge is 0.744 e. The van der Waals surface area contributed by atoms with Gasteiger partial charge in [0.05, 0.1) is 21.6 Å². The van der Waals surface area contributed by atoms with Crippen molar-refractivity contribution in [1.82, 2.24) is 0 Å². The Bertz CT molecular complexity index is 1660. The number of hydrogen-bond donors (Lipinski definition) is 0. The number of hydrogen-bond acceptors (Lipinski definition) is 9. The monoisotopic (exact) mass is 911 g/mol. The number of ether oxygens (including phenoxy) is 3. The second-order valence-electron chi connectivity index (χ2n) is 8.90. The van der Waals surface area contributed by atoms with E-state index >= 15 is 0 Å². The summed E-state index contributed by atoms with van der Waals surface area (Å²) in [6.45, 7) is 0. The zero-order valence-corrected chi connectivity index (χ0v) is 28.1. The molecule has 0 aromatic heterocycles. The fourth-order valence-corrected chi connectivity index (χ4v) is 8.42. The van der Waals surface area contributed by atoms with Gasteiger partial charge in [0.1, 0.15) is 21.6 Å². The summed E-state index contributed by atoms with van der Waals surface area (Å²) < 4.78 is 52.3. The molecule has 0 radical (unpaired) electrons. The maximum absolute atomic E-state index is 13.4. The van der Waals surface area contributed by atoms with Crippen LogP contribution in [0.4, 0.5) is 0 Å². The molecule has 3 aromatic rings. The Labute approximate surface area is 276 Å². The van der Waals surface area contributed by atoms with E-state index in [0.29, 0.717) is 12.8 Å². The van der Waals surface area contributed by atoms with E-state index in [9.17, 15) is 27.4 Å². The van der Waals surface area contributed by atoms with Crippen molar-refractivity contribution in [2.75, 3.05) is 0 Å². The fourth-order valence-electron chi connectivity index (χ4n) is 4.14. The van der Waals surface area contributed by atoms with Crippen LogP contribution in [-0.2, 0) is 14.9 Å². The van der Waals surface area contributed by atoms with Gasteiger partial charge in [-0.1, -0.05) is 5.92 Å². The van der Waals surface area contributed by atoms with Crippen LogP contribution in [0.2, 0.25) is 0 Å². The molecular formula is C28H18I3O9S-. The van der Waals surface area contributed by atoms with E-state index in [1.54, 1.807) is 69.4 Å². The molecule has 3 aromatic carbocycles. The number of carbonyl (C=O) groups is 3. The first-order chi connectivity index (χ1) is 19.3. The summed E-state index contributed by atoms with van der Waals surface area (Å²) in [6, 6.07) is 12.8. The number of rotatable bonds is 7. The van der Waals surface area contributed by atoms with Crippen molar-refractivity contribution >= 4 is 95.8 Å². The predicted molar refractivity (Wildman–Crippen MR) is 171 cm³/mol. The zero-order valence-electron chi connectivity index (χ0n) is 20.8. The summed E-state index contributed by atoms with van der Waals surface area (Å²) in [4.78, 5) is 39.1. The first kappa shape index (κ1) is 31.7. The van der Waals surface area contributed by atoms with Crippen molar-refractivity contribution in [3.63, 3.8) is 0 Å². The quantitative estimate of drug-likeness (QED) is 0.0928. The van der Waals surface area contributed by atoms with Gasteiger partial charge < -0.3 is 18.8 Å². The molecule has 0 amide bonds. The Hall–Kier alpha value is -2.27. The topological polar surface area (TPSA) is 136 Å². The Kier molecular flexibility index (Phi) is 9.99. The maximum atomic E-state index is 13.4. The smallest absolute Gasteiger partial charge is 0.344 e. The second kappa shape index (κ2) is 12.9. The third-order valence-electron chi connectivity index (χ3n) is 6.11. The van der Waals surface area contributed by atoms with E-state index in [1.807, 2.05) is 0 Å². The van der Waals surface area contributed by atoms with Crippen molar-refractivity contribution in [3.8, 4) is 23.8 Å². The molecule has 1 aliphatic carbocycles. The molecular weight excluding hydrogens is 893 g/mol. The third-order valence-corrected chi connectivity index (χ3v) is 10.2. The Morgan fingerprint density at radius 1 is 0.805 bits per heavy atom. The van der Waals surface area contributed by atoms with E-state index in [0.717, 1.165) is 22.5 Å². The number of terminal acetylenes is 1. The van der Waals surface area contributed by atoms with Gasteiger partial charge in [0.15, 0.2) is 5.60 Å². The first-order valence-corrected chi connectivity index (χ1v) is 16.5. The second-order valence-corrected chi connectivity index (χ2v) is 13.8. The molecule has 1 aliphatic rings. The van der Waals surface area contributed by atoms with E-state index in [-0.39, 0.29) is 35.3 Å². The summed E-state index contributed by atoms with van der Waals surface area (Å²) in [6.07, 6.45) is 8.28. The molecule has 9 nitrogen and oxygen atoms in total. The van der Waals surface area contributed by atoms with Crippen molar-refractivity contribution in [1.29, 1.82) is 0 Å². The van der Waals surface area contributed by atoms with E-state index in [2.05, 4.69) is 28.5 Å². The molecule has 0 N–H and O–H groups in total. The number of esters is 3. The zero-order chi connectivity index (χ0) is 29.9. The fraction of sp³-hybridized carbons (Fsp3) is 0.179. The summed E-state index contributed by atoms with van der Waals surface area (Å²) in [7, 11) is -4.78. The van der Waals surface area contributed by atoms with E-state index < -0.39 is 38.5 Å². The van der Waals surface area contributed by atoms with Crippen molar-refractivity contribution in [2.45, 2.75) is 36.2 Å². The third kappa shape index (κ3) is 7.58. The molecule has 0 saturated heterocycles. The van der Waals surface area contributed by atoms with Crippen molar-refractivity contribution < 1.29 is 41.6 Å². The number of benzene rings is 3. The lowest BCUT2D eigenvalue weighted by molar-refractivity contribution is 0.0103. The van der Waals surface area contributed by atoms with E-state index in [1.165, 1.54) is 24.3 Å². The highest BCUT2D eigenvalue weighted by Gasteiger charge is 2.36. The Morgan fingerprint density at radius 3 is 1.93 bits per heavy atom. The molecule has 1 fully saturated rings. The Balaban J connectivity index is 1.70. The van der Waals surface area contributed by atoms with Gasteiger partial charge in [-0.15, -0.1) is 6.42 Å². The predicted octanol–water partition coefficient (Wildman–Crippen LogP) is 5.95. The van der Waals surface area contributed by atoms with Gasteiger partial charge in [-0.25, -0.2) is 22.8 Å². The van der Waals surface area contributed by atoms with Crippen LogP contribution in [-0.4, -0.2) is 36.5 Å². The molecule has 212 valence electrons. The molecule has 0 spiro atoms. The highest BCUT2D eigenvalue weighted by Crippen LogP contribution is 2.34. The van der Waals surface area contributed by atoms with Crippen LogP contribution in [0.3, 0.4) is 0 Å². The minimum atomic E-state index is -4.78. The number of carbonyl (C=O) groups excluding carboxylic acids is 3. The summed E-state index contributed by atoms with van der Waals surface area (Å²) in [5.41, 5.74) is -1.58. The minimum absolute atomic E-state index is 0.0405. The molecule has 41 heavy (non-hydrogen) atoms. The van der Waals surface area contributed by atoms with Crippen LogP contribution in [0, 0.1) is 23.1 Å². The van der Waals surface area contributed by atoms with E-state index in [4.69, 9.17) is 20.6 Å². The van der Waals surface area contributed by atoms with Gasteiger partial charge >= 0.3 is 17.9 Å². The van der Waals surface area contributed by atoms with Crippen LogP contribution >= 0.6 is 67.8 Å². The highest BCUT2D eigenvalue weighted by molar-refractivity contribution is 14.1. The van der Waals surface area contributed by atoms with Crippen molar-refractivity contribution in [2.24, 2.45) is 0 Å². The van der Waals surface area contributed by atoms with Gasteiger partial charge in [-0.3, -0.25) is 0 Å². The molecule has 4 rings (SSSR count). The van der Waals surface area contributed by atoms with Crippen LogP contribution in [0.15, 0.2) is 59.5 Å². The Morgan fingerprint density at radius 2 is 1.37 bits per heavy atom. The standard InChI is InChI=1S/C28H19I3O9S/c1-2-28(11-3-4-12-28)40-25(32)16-5-10-20(26(33)38-18-8-6-17(29)7-9-18)21(13-16)27(34)39-19-14-22(30)24(23(31)15-19)41(35,36)37/h1,5-10,13-15H,3-4,11-12H2,(H,35,36,37)/p-1. The SMILES string of the molecule is C#CC1(OC(=O)c2ccc(C(=O)Oc3ccc(I)cc3)c(C(=O)Oc3cc(I)c(S(=O)(=O)[O-])c(I)c3)c2)CCCC1. The van der Waals surface area contributed by atoms with Gasteiger partial charge in [-0.05, 0) is 148 Å². The molecule has 0 bridgehead atoms. The van der Waals surface area contributed by atoms with Crippen LogP contribution in [0.5, 0.6) is 11.5 Å². The molecule has 0 heterocycles. The maximum Gasteiger partial charge on any atom is 0.344 e. The average molecular weight is 911 g/mol. The first-order valence-electron chi connectivity index (χ1n) is 11.8. The molecule has 0 aliphatic heterocycles.